The number of carboxylic acid groups (broad SMARTS) is 1. The average Bonchev–Trinajstić information content (AvgIpc) is 3.06. The lowest BCUT2D eigenvalue weighted by Crippen LogP contribution is -3.00. The van der Waals surface area contributed by atoms with Crippen molar-refractivity contribution in [3.8, 4) is 18.2 Å². The molecule has 48 heavy (non-hydrogen) atoms. The number of nitrogens with two attached hydrogens (primary N) is 2. The molecule has 3 aromatic rings. The molecule has 3 rings (SSSR count). The molecular weight excluding hydrogens is 659 g/mol. The molecule has 3 aromatic carbocycles. The van der Waals surface area contributed by atoms with E-state index >= 15 is 0 Å². The van der Waals surface area contributed by atoms with Gasteiger partial charge in [-0.1, -0.05) is 36.4 Å². The van der Waals surface area contributed by atoms with E-state index in [1.54, 1.807) is 74.5 Å². The fourth-order valence-corrected chi connectivity index (χ4v) is 3.70. The van der Waals surface area contributed by atoms with E-state index in [0.29, 0.717) is 42.7 Å². The van der Waals surface area contributed by atoms with Crippen LogP contribution in [0, 0.1) is 34.0 Å². The number of hydrogen-bond acceptors (Lipinski definition) is 10. The van der Waals surface area contributed by atoms with Crippen molar-refractivity contribution in [1.82, 2.24) is 0 Å². The number of carbonyl (C=O) groups is 3. The summed E-state index contributed by atoms with van der Waals surface area (Å²) < 4.78 is 9.67. The van der Waals surface area contributed by atoms with Crippen LogP contribution in [0.1, 0.15) is 47.2 Å². The van der Waals surface area contributed by atoms with Gasteiger partial charge in [-0.15, -0.1) is 12.4 Å². The van der Waals surface area contributed by atoms with E-state index < -0.39 is 30.1 Å². The molecule has 12 nitrogen and oxygen atoms in total. The molecule has 0 bridgehead atoms. The van der Waals surface area contributed by atoms with Crippen LogP contribution in [-0.2, 0) is 43.1 Å². The van der Waals surface area contributed by atoms with Gasteiger partial charge in [0.05, 0.1) is 48.1 Å². The minimum absolute atomic E-state index is 0. The van der Waals surface area contributed by atoms with Crippen molar-refractivity contribution in [3.63, 3.8) is 0 Å². The number of benzene rings is 3. The highest BCUT2D eigenvalue weighted by Gasteiger charge is 2.19. The molecular formula is C34H40Cl2N6O6. The summed E-state index contributed by atoms with van der Waals surface area (Å²) in [6.45, 7) is 4.22. The van der Waals surface area contributed by atoms with E-state index in [0.717, 1.165) is 16.7 Å². The first-order valence-corrected chi connectivity index (χ1v) is 14.3. The largest absolute Gasteiger partial charge is 1.00 e. The summed E-state index contributed by atoms with van der Waals surface area (Å²) in [6.07, 6.45) is 1.23. The van der Waals surface area contributed by atoms with Gasteiger partial charge in [-0.05, 0) is 79.8 Å². The van der Waals surface area contributed by atoms with Crippen molar-refractivity contribution in [2.75, 3.05) is 13.2 Å². The lowest BCUT2D eigenvalue weighted by Gasteiger charge is -2.10. The van der Waals surface area contributed by atoms with E-state index in [4.69, 9.17) is 41.8 Å². The summed E-state index contributed by atoms with van der Waals surface area (Å²) in [5, 5.41) is 34.3. The summed E-state index contributed by atoms with van der Waals surface area (Å²) in [4.78, 5) is 33.1. The Morgan fingerprint density at radius 3 is 1.29 bits per heavy atom. The highest BCUT2D eigenvalue weighted by molar-refractivity contribution is 5.85. The van der Waals surface area contributed by atoms with Crippen molar-refractivity contribution in [2.45, 2.75) is 51.2 Å². The van der Waals surface area contributed by atoms with E-state index in [2.05, 4.69) is 5.73 Å². The van der Waals surface area contributed by atoms with Crippen LogP contribution in [0.3, 0.4) is 0 Å². The number of quaternary nitrogens is 1. The van der Waals surface area contributed by atoms with Crippen LogP contribution < -0.4 is 29.6 Å². The number of hydrogen-bond donors (Lipinski definition) is 4. The zero-order chi connectivity index (χ0) is 34.5. The predicted molar refractivity (Wildman–Crippen MR) is 175 cm³/mol. The standard InChI is InChI=1S/2C12H14N2O2.C10H10N2O2.2ClH/c2*1-2-16-12(15)11(14)7-9-3-5-10(8-13)6-4-9;11-6-8-3-1-7(2-4-8)5-9(12)10(13)14;;/h2*3-6,11H,2,7,14H2,1H3;1-4,9H,5,12H2,(H,13,14);2*1H/t2*11-;9-;;/m000../s1. The van der Waals surface area contributed by atoms with E-state index in [1.165, 1.54) is 0 Å². The fourth-order valence-electron chi connectivity index (χ4n) is 3.70. The maximum absolute atomic E-state index is 11.3. The maximum atomic E-state index is 11.3. The SMILES string of the molecule is CCOC(=O)[C@@H](N)Cc1ccc(C#N)cc1.CCOC(=O)[C@@H]([NH3+])Cc1ccc(C#N)cc1.Cl.N#Cc1ccc(C[C@H](N)C(=O)O)cc1.[Cl-]. The quantitative estimate of drug-likeness (QED) is 0.181. The molecule has 0 saturated carbocycles. The van der Waals surface area contributed by atoms with Crippen molar-refractivity contribution in [2.24, 2.45) is 11.5 Å². The second kappa shape index (κ2) is 25.1. The van der Waals surface area contributed by atoms with Crippen LogP contribution in [0.15, 0.2) is 72.8 Å². The molecule has 0 aliphatic carbocycles. The van der Waals surface area contributed by atoms with Gasteiger partial charge in [-0.25, -0.2) is 4.79 Å². The lowest BCUT2D eigenvalue weighted by molar-refractivity contribution is -0.407. The van der Waals surface area contributed by atoms with Crippen LogP contribution in [0.5, 0.6) is 0 Å². The second-order valence-corrected chi connectivity index (χ2v) is 9.79. The van der Waals surface area contributed by atoms with Crippen molar-refractivity contribution in [3.05, 3.63) is 106 Å². The van der Waals surface area contributed by atoms with Crippen molar-refractivity contribution >= 4 is 30.3 Å². The molecule has 0 spiro atoms. The molecule has 256 valence electrons. The van der Waals surface area contributed by atoms with Gasteiger partial charge in [-0.2, -0.15) is 15.8 Å². The first-order chi connectivity index (χ1) is 22.0. The molecule has 0 unspecified atom stereocenters. The van der Waals surface area contributed by atoms with Crippen molar-refractivity contribution < 1.29 is 47.1 Å². The average molecular weight is 700 g/mol. The second-order valence-electron chi connectivity index (χ2n) is 9.79. The van der Waals surface area contributed by atoms with Crippen LogP contribution in [0.25, 0.3) is 0 Å². The number of rotatable bonds is 11. The Morgan fingerprint density at radius 2 is 0.979 bits per heavy atom. The van der Waals surface area contributed by atoms with Gasteiger partial charge in [-0.3, -0.25) is 9.59 Å². The molecule has 14 heteroatoms. The highest BCUT2D eigenvalue weighted by atomic mass is 35.5. The van der Waals surface area contributed by atoms with Crippen molar-refractivity contribution in [1.29, 1.82) is 15.8 Å². The third kappa shape index (κ3) is 17.6. The molecule has 0 aliphatic heterocycles. The minimum Gasteiger partial charge on any atom is -1.00 e. The Balaban J connectivity index is 0. The van der Waals surface area contributed by atoms with Gasteiger partial charge in [0.15, 0.2) is 6.04 Å². The third-order valence-corrected chi connectivity index (χ3v) is 6.17. The van der Waals surface area contributed by atoms with Crippen LogP contribution >= 0.6 is 12.4 Å². The normalized spacial score (nSPS) is 11.1. The summed E-state index contributed by atoms with van der Waals surface area (Å²) in [7, 11) is 0. The van der Waals surface area contributed by atoms with Gasteiger partial charge in [0.2, 0.25) is 0 Å². The van der Waals surface area contributed by atoms with E-state index in [9.17, 15) is 14.4 Å². The smallest absolute Gasteiger partial charge is 0.365 e. The van der Waals surface area contributed by atoms with Gasteiger partial charge in [0.1, 0.15) is 12.1 Å². The summed E-state index contributed by atoms with van der Waals surface area (Å²) in [6, 6.07) is 24.9. The maximum Gasteiger partial charge on any atom is 0.365 e. The van der Waals surface area contributed by atoms with Crippen LogP contribution in [0.4, 0.5) is 0 Å². The summed E-state index contributed by atoms with van der Waals surface area (Å²) in [5.41, 5.74) is 19.2. The Bertz CT molecular complexity index is 1450. The van der Waals surface area contributed by atoms with Gasteiger partial charge in [0.25, 0.3) is 0 Å². The molecule has 0 heterocycles. The minimum atomic E-state index is -1.02. The zero-order valence-electron chi connectivity index (χ0n) is 26.7. The molecule has 0 amide bonds. The fraction of sp³-hybridized carbons (Fsp3) is 0.294. The Morgan fingerprint density at radius 1 is 0.667 bits per heavy atom. The number of halogens is 2. The molecule has 3 atom stereocenters. The first-order valence-electron chi connectivity index (χ1n) is 14.3. The van der Waals surface area contributed by atoms with Gasteiger partial charge in [0, 0.05) is 6.42 Å². The molecule has 0 aliphatic rings. The number of ether oxygens (including phenoxy) is 2. The summed E-state index contributed by atoms with van der Waals surface area (Å²) in [5.74, 6) is -1.70. The first kappa shape index (κ1) is 45.1. The van der Waals surface area contributed by atoms with Gasteiger partial charge < -0.3 is 44.2 Å². The summed E-state index contributed by atoms with van der Waals surface area (Å²) >= 11 is 0. The Kier molecular flexibility index (Phi) is 23.6. The number of nitrogens with zero attached hydrogens (tertiary/aromatic N) is 3. The van der Waals surface area contributed by atoms with E-state index in [-0.39, 0.29) is 37.2 Å². The predicted octanol–water partition coefficient (Wildman–Crippen LogP) is -0.796. The Hall–Kier alpha value is -5.00. The van der Waals surface area contributed by atoms with Crippen LogP contribution in [0.2, 0.25) is 0 Å². The monoisotopic (exact) mass is 698 g/mol. The molecule has 0 fully saturated rings. The van der Waals surface area contributed by atoms with Crippen LogP contribution in [-0.4, -0.2) is 54.4 Å². The zero-order valence-corrected chi connectivity index (χ0v) is 28.2. The third-order valence-electron chi connectivity index (χ3n) is 6.17. The number of aliphatic carboxylic acids is 1. The number of carbonyl (C=O) groups excluding carboxylic acids is 2. The molecule has 8 N–H and O–H groups in total. The Labute approximate surface area is 292 Å². The molecule has 0 aromatic heterocycles. The highest BCUT2D eigenvalue weighted by Crippen LogP contribution is 2.08. The van der Waals surface area contributed by atoms with E-state index in [1.807, 2.05) is 30.3 Å². The molecule has 0 saturated heterocycles. The lowest BCUT2D eigenvalue weighted by atomic mass is 10.1. The topological polar surface area (TPSA) is 241 Å². The number of carboxylic acids is 1. The number of nitriles is 3. The number of esters is 2. The van der Waals surface area contributed by atoms with Gasteiger partial charge >= 0.3 is 17.9 Å². The molecule has 0 radical (unpaired) electrons.